The fourth-order valence-corrected chi connectivity index (χ4v) is 2.14. The average molecular weight is 249 g/mol. The lowest BCUT2D eigenvalue weighted by Gasteiger charge is -2.06. The molecule has 3 aromatic rings. The van der Waals surface area contributed by atoms with Crippen molar-refractivity contribution in [2.24, 2.45) is 0 Å². The second-order valence-corrected chi connectivity index (χ2v) is 4.05. The molecule has 0 fully saturated rings. The van der Waals surface area contributed by atoms with E-state index >= 15 is 0 Å². The second kappa shape index (κ2) is 4.46. The largest absolute Gasteiger partial charge is 0.496 e. The van der Waals surface area contributed by atoms with Crippen molar-refractivity contribution in [2.75, 3.05) is 7.11 Å². The summed E-state index contributed by atoms with van der Waals surface area (Å²) in [5, 5.41) is 9.17. The Labute approximate surface area is 110 Å². The number of benzene rings is 1. The predicted octanol–water partition coefficient (Wildman–Crippen LogP) is 2.88. The lowest BCUT2D eigenvalue weighted by molar-refractivity contribution is 0.416. The molecule has 19 heavy (non-hydrogen) atoms. The Morgan fingerprint density at radius 1 is 1.16 bits per heavy atom. The number of pyridine rings is 1. The first-order valence-corrected chi connectivity index (χ1v) is 5.85. The molecule has 0 aliphatic rings. The summed E-state index contributed by atoms with van der Waals surface area (Å²) >= 11 is 0. The molecule has 0 aliphatic heterocycles. The number of aromatic nitrogens is 2. The van der Waals surface area contributed by atoms with Crippen LogP contribution in [0.2, 0.25) is 0 Å². The summed E-state index contributed by atoms with van der Waals surface area (Å²) in [6.07, 6.45) is 1.89. The second-order valence-electron chi connectivity index (χ2n) is 4.05. The quantitative estimate of drug-likeness (QED) is 0.701. The van der Waals surface area contributed by atoms with Crippen LogP contribution in [0.15, 0.2) is 48.7 Å². The third-order valence-corrected chi connectivity index (χ3v) is 3.00. The Bertz CT molecular complexity index is 783. The van der Waals surface area contributed by atoms with Gasteiger partial charge in [0.2, 0.25) is 0 Å². The summed E-state index contributed by atoms with van der Waals surface area (Å²) in [4.78, 5) is 4.41. The minimum Gasteiger partial charge on any atom is -0.496 e. The molecule has 0 spiro atoms. The first-order valence-electron chi connectivity index (χ1n) is 5.85. The zero-order valence-electron chi connectivity index (χ0n) is 10.4. The zero-order valence-corrected chi connectivity index (χ0v) is 10.4. The van der Waals surface area contributed by atoms with E-state index in [1.54, 1.807) is 7.11 Å². The molecule has 4 heteroatoms. The summed E-state index contributed by atoms with van der Waals surface area (Å²) in [6, 6.07) is 15.5. The van der Waals surface area contributed by atoms with Crippen LogP contribution in [0.5, 0.6) is 5.75 Å². The summed E-state index contributed by atoms with van der Waals surface area (Å²) < 4.78 is 7.25. The Hall–Kier alpha value is -2.80. The Morgan fingerprint density at radius 2 is 1.95 bits per heavy atom. The van der Waals surface area contributed by atoms with E-state index in [1.807, 2.05) is 53.1 Å². The summed E-state index contributed by atoms with van der Waals surface area (Å²) in [6.45, 7) is 0. The minimum absolute atomic E-state index is 0.418. The molecule has 0 radical (unpaired) electrons. The maximum Gasteiger partial charge on any atom is 0.166 e. The molecule has 4 nitrogen and oxygen atoms in total. The molecule has 0 bridgehead atoms. The van der Waals surface area contributed by atoms with Crippen LogP contribution in [0, 0.1) is 11.3 Å². The zero-order chi connectivity index (χ0) is 13.2. The van der Waals surface area contributed by atoms with Gasteiger partial charge in [-0.05, 0) is 24.3 Å². The van der Waals surface area contributed by atoms with Crippen molar-refractivity contribution < 1.29 is 4.74 Å². The van der Waals surface area contributed by atoms with Crippen molar-refractivity contribution in [3.05, 3.63) is 54.4 Å². The number of rotatable bonds is 2. The van der Waals surface area contributed by atoms with Crippen LogP contribution in [0.4, 0.5) is 0 Å². The van der Waals surface area contributed by atoms with Crippen LogP contribution >= 0.6 is 0 Å². The molecular formula is C15H11N3O. The highest BCUT2D eigenvalue weighted by Crippen LogP contribution is 2.30. The number of hydrogen-bond acceptors (Lipinski definition) is 3. The van der Waals surface area contributed by atoms with Gasteiger partial charge in [-0.15, -0.1) is 0 Å². The highest BCUT2D eigenvalue weighted by atomic mass is 16.5. The molecule has 0 saturated heterocycles. The van der Waals surface area contributed by atoms with E-state index < -0.39 is 0 Å². The van der Waals surface area contributed by atoms with E-state index in [-0.39, 0.29) is 0 Å². The van der Waals surface area contributed by atoms with Crippen molar-refractivity contribution in [3.8, 4) is 23.2 Å². The molecule has 92 valence electrons. The molecule has 0 amide bonds. The Balaban J connectivity index is 2.35. The number of hydrogen-bond donors (Lipinski definition) is 0. The Morgan fingerprint density at radius 3 is 2.74 bits per heavy atom. The molecule has 2 aromatic heterocycles. The maximum atomic E-state index is 9.17. The summed E-state index contributed by atoms with van der Waals surface area (Å²) in [7, 11) is 1.62. The standard InChI is InChI=1S/C15H11N3O/c1-19-14-8-3-2-6-11(14)15-17-12(10-16)13-7-4-5-9-18(13)15/h2-9H,1H3. The van der Waals surface area contributed by atoms with Gasteiger partial charge in [-0.2, -0.15) is 5.26 Å². The first kappa shape index (κ1) is 11.3. The van der Waals surface area contributed by atoms with E-state index in [0.717, 1.165) is 16.8 Å². The Kier molecular flexibility index (Phi) is 2.66. The van der Waals surface area contributed by atoms with Gasteiger partial charge in [-0.25, -0.2) is 4.98 Å². The molecule has 0 aliphatic carbocycles. The molecule has 3 rings (SSSR count). The number of imidazole rings is 1. The molecular weight excluding hydrogens is 238 g/mol. The number of fused-ring (bicyclic) bond motifs is 1. The van der Waals surface area contributed by atoms with E-state index in [2.05, 4.69) is 11.1 Å². The van der Waals surface area contributed by atoms with E-state index in [0.29, 0.717) is 11.5 Å². The van der Waals surface area contributed by atoms with Gasteiger partial charge >= 0.3 is 0 Å². The van der Waals surface area contributed by atoms with Crippen LogP contribution in [0.1, 0.15) is 5.69 Å². The van der Waals surface area contributed by atoms with Crippen molar-refractivity contribution in [3.63, 3.8) is 0 Å². The van der Waals surface area contributed by atoms with Gasteiger partial charge in [0.25, 0.3) is 0 Å². The highest BCUT2D eigenvalue weighted by Gasteiger charge is 2.14. The third-order valence-electron chi connectivity index (χ3n) is 3.00. The van der Waals surface area contributed by atoms with Crippen LogP contribution in [-0.2, 0) is 0 Å². The molecule has 0 unspecified atom stereocenters. The van der Waals surface area contributed by atoms with Gasteiger partial charge in [0, 0.05) is 6.20 Å². The molecule has 0 N–H and O–H groups in total. The molecule has 2 heterocycles. The van der Waals surface area contributed by atoms with E-state index in [9.17, 15) is 0 Å². The summed E-state index contributed by atoms with van der Waals surface area (Å²) in [5.74, 6) is 1.45. The minimum atomic E-state index is 0.418. The van der Waals surface area contributed by atoms with Crippen molar-refractivity contribution in [2.45, 2.75) is 0 Å². The van der Waals surface area contributed by atoms with Crippen molar-refractivity contribution in [1.29, 1.82) is 5.26 Å². The molecule has 0 saturated carbocycles. The highest BCUT2D eigenvalue weighted by molar-refractivity contribution is 5.71. The third kappa shape index (κ3) is 1.72. The first-order chi connectivity index (χ1) is 9.35. The number of methoxy groups -OCH3 is 1. The van der Waals surface area contributed by atoms with Gasteiger partial charge < -0.3 is 4.74 Å². The monoisotopic (exact) mass is 249 g/mol. The molecule has 0 atom stereocenters. The number of nitrogens with zero attached hydrogens (tertiary/aromatic N) is 3. The summed E-state index contributed by atoms with van der Waals surface area (Å²) in [5.41, 5.74) is 2.08. The van der Waals surface area contributed by atoms with Gasteiger partial charge in [0.1, 0.15) is 17.6 Å². The van der Waals surface area contributed by atoms with Gasteiger partial charge in [-0.3, -0.25) is 4.40 Å². The van der Waals surface area contributed by atoms with Gasteiger partial charge in [0.05, 0.1) is 18.2 Å². The van der Waals surface area contributed by atoms with Gasteiger partial charge in [-0.1, -0.05) is 18.2 Å². The topological polar surface area (TPSA) is 50.3 Å². The number of ether oxygens (including phenoxy) is 1. The smallest absolute Gasteiger partial charge is 0.166 e. The van der Waals surface area contributed by atoms with E-state index in [1.165, 1.54) is 0 Å². The predicted molar refractivity (Wildman–Crippen MR) is 71.9 cm³/mol. The van der Waals surface area contributed by atoms with Crippen LogP contribution in [0.25, 0.3) is 16.9 Å². The fourth-order valence-electron chi connectivity index (χ4n) is 2.14. The number of nitriles is 1. The van der Waals surface area contributed by atoms with Crippen LogP contribution in [0.3, 0.4) is 0 Å². The average Bonchev–Trinajstić information content (AvgIpc) is 2.86. The fraction of sp³-hybridized carbons (Fsp3) is 0.0667. The SMILES string of the molecule is COc1ccccc1-c1nc(C#N)c2ccccn12. The van der Waals surface area contributed by atoms with E-state index in [4.69, 9.17) is 10.00 Å². The van der Waals surface area contributed by atoms with Crippen molar-refractivity contribution >= 4 is 5.52 Å². The maximum absolute atomic E-state index is 9.17. The number of para-hydroxylation sites is 1. The lowest BCUT2D eigenvalue weighted by Crippen LogP contribution is -1.92. The van der Waals surface area contributed by atoms with Gasteiger partial charge in [0.15, 0.2) is 5.69 Å². The van der Waals surface area contributed by atoms with Crippen LogP contribution in [-0.4, -0.2) is 16.5 Å². The van der Waals surface area contributed by atoms with Crippen molar-refractivity contribution in [1.82, 2.24) is 9.38 Å². The molecule has 1 aromatic carbocycles. The van der Waals surface area contributed by atoms with Crippen LogP contribution < -0.4 is 4.74 Å². The lowest BCUT2D eigenvalue weighted by atomic mass is 10.2. The normalized spacial score (nSPS) is 10.3.